The predicted octanol–water partition coefficient (Wildman–Crippen LogP) is -3.76. The summed E-state index contributed by atoms with van der Waals surface area (Å²) in [4.78, 5) is 10.8. The van der Waals surface area contributed by atoms with E-state index >= 15 is 0 Å². The molecule has 0 bridgehead atoms. The second-order valence-electron chi connectivity index (χ2n) is 3.65. The molecular weight excluding hydrogens is 222 g/mol. The van der Waals surface area contributed by atoms with Crippen LogP contribution in [0.1, 0.15) is 6.92 Å². The number of amides is 1. The summed E-state index contributed by atoms with van der Waals surface area (Å²) >= 11 is 0. The number of carbonyl (C=O) groups is 1. The van der Waals surface area contributed by atoms with Crippen molar-refractivity contribution in [2.24, 2.45) is 0 Å². The van der Waals surface area contributed by atoms with Crippen LogP contribution in [0.3, 0.4) is 0 Å². The number of rotatable bonds is 2. The van der Waals surface area contributed by atoms with Gasteiger partial charge in [-0.2, -0.15) is 0 Å². The minimum atomic E-state index is -2.50. The van der Waals surface area contributed by atoms with Gasteiger partial charge in [-0.1, -0.05) is 0 Å². The van der Waals surface area contributed by atoms with Crippen molar-refractivity contribution in [2.45, 2.75) is 37.3 Å². The summed E-state index contributed by atoms with van der Waals surface area (Å²) in [7, 11) is 0. The summed E-state index contributed by atoms with van der Waals surface area (Å²) in [5.41, 5.74) is -2.50. The zero-order valence-corrected chi connectivity index (χ0v) is 8.57. The molecule has 0 aromatic carbocycles. The first-order chi connectivity index (χ1) is 7.32. The van der Waals surface area contributed by atoms with Crippen LogP contribution in [-0.4, -0.2) is 68.4 Å². The van der Waals surface area contributed by atoms with Gasteiger partial charge in [0.15, 0.2) is 0 Å². The molecule has 0 aliphatic carbocycles. The Morgan fingerprint density at radius 1 is 1.44 bits per heavy atom. The van der Waals surface area contributed by atoms with Crippen LogP contribution in [0.4, 0.5) is 0 Å². The van der Waals surface area contributed by atoms with Crippen LogP contribution in [0, 0.1) is 0 Å². The van der Waals surface area contributed by atoms with E-state index in [1.807, 2.05) is 5.32 Å². The topological polar surface area (TPSA) is 139 Å². The predicted molar refractivity (Wildman–Crippen MR) is 48.7 cm³/mol. The second-order valence-corrected chi connectivity index (χ2v) is 3.65. The molecule has 0 spiro atoms. The molecule has 16 heavy (non-hydrogen) atoms. The van der Waals surface area contributed by atoms with Gasteiger partial charge >= 0.3 is 0 Å². The molecule has 8 nitrogen and oxygen atoms in total. The molecular formula is C8H15NO7. The lowest BCUT2D eigenvalue weighted by Crippen LogP contribution is -2.73. The Morgan fingerprint density at radius 3 is 2.44 bits per heavy atom. The Labute approximate surface area is 91.1 Å². The Hall–Kier alpha value is -0.770. The van der Waals surface area contributed by atoms with Gasteiger partial charge < -0.3 is 35.6 Å². The van der Waals surface area contributed by atoms with E-state index in [4.69, 9.17) is 5.11 Å². The number of aliphatic hydroxyl groups excluding tert-OH is 4. The van der Waals surface area contributed by atoms with Crippen molar-refractivity contribution in [1.82, 2.24) is 5.32 Å². The van der Waals surface area contributed by atoms with E-state index in [1.54, 1.807) is 0 Å². The molecule has 0 saturated carbocycles. The lowest BCUT2D eigenvalue weighted by molar-refractivity contribution is -0.335. The molecule has 94 valence electrons. The molecule has 1 saturated heterocycles. The van der Waals surface area contributed by atoms with E-state index in [-0.39, 0.29) is 0 Å². The molecule has 1 rings (SSSR count). The van der Waals surface area contributed by atoms with Gasteiger partial charge in [0, 0.05) is 6.92 Å². The van der Waals surface area contributed by atoms with Gasteiger partial charge in [0.1, 0.15) is 18.3 Å². The van der Waals surface area contributed by atoms with Gasteiger partial charge in [-0.3, -0.25) is 4.79 Å². The van der Waals surface area contributed by atoms with Crippen LogP contribution in [-0.2, 0) is 9.53 Å². The van der Waals surface area contributed by atoms with E-state index in [1.165, 1.54) is 0 Å². The first-order valence-corrected chi connectivity index (χ1v) is 4.64. The van der Waals surface area contributed by atoms with E-state index in [2.05, 4.69) is 4.74 Å². The fraction of sp³-hybridized carbons (Fsp3) is 0.875. The van der Waals surface area contributed by atoms with Gasteiger partial charge in [-0.05, 0) is 0 Å². The average Bonchev–Trinajstić information content (AvgIpc) is 2.20. The van der Waals surface area contributed by atoms with E-state index in [0.717, 1.165) is 6.92 Å². The smallest absolute Gasteiger partial charge is 0.219 e. The largest absolute Gasteiger partial charge is 0.394 e. The van der Waals surface area contributed by atoms with Gasteiger partial charge in [0.05, 0.1) is 6.61 Å². The summed E-state index contributed by atoms with van der Waals surface area (Å²) in [6.07, 6.45) is -6.70. The number of hydrogen-bond donors (Lipinski definition) is 6. The zero-order chi connectivity index (χ0) is 12.5. The molecule has 0 aromatic rings. The van der Waals surface area contributed by atoms with Crippen LogP contribution in [0.5, 0.6) is 0 Å². The van der Waals surface area contributed by atoms with Gasteiger partial charge in [-0.15, -0.1) is 0 Å². The third-order valence-corrected chi connectivity index (χ3v) is 2.39. The van der Waals surface area contributed by atoms with E-state index in [9.17, 15) is 25.2 Å². The molecule has 1 aliphatic heterocycles. The fourth-order valence-corrected chi connectivity index (χ4v) is 1.53. The molecule has 5 unspecified atom stereocenters. The van der Waals surface area contributed by atoms with Crippen LogP contribution < -0.4 is 5.32 Å². The molecule has 8 heteroatoms. The highest BCUT2D eigenvalue weighted by molar-refractivity contribution is 5.73. The first-order valence-electron chi connectivity index (χ1n) is 4.64. The molecule has 0 radical (unpaired) electrons. The summed E-state index contributed by atoms with van der Waals surface area (Å²) in [6.45, 7) is 0.410. The molecule has 5 atom stereocenters. The van der Waals surface area contributed by atoms with Crippen molar-refractivity contribution >= 4 is 5.91 Å². The Balaban J connectivity index is 2.90. The van der Waals surface area contributed by atoms with Crippen molar-refractivity contribution in [3.63, 3.8) is 0 Å². The van der Waals surface area contributed by atoms with Gasteiger partial charge in [-0.25, -0.2) is 0 Å². The summed E-state index contributed by atoms with van der Waals surface area (Å²) in [6, 6.07) is 0. The number of aliphatic hydroxyl groups is 5. The minimum absolute atomic E-state index is 0.647. The average molecular weight is 237 g/mol. The third-order valence-electron chi connectivity index (χ3n) is 2.39. The molecule has 6 N–H and O–H groups in total. The Morgan fingerprint density at radius 2 is 2.00 bits per heavy atom. The third kappa shape index (κ3) is 2.17. The molecule has 1 amide bonds. The Kier molecular flexibility index (Phi) is 3.84. The normalized spacial score (nSPS) is 44.1. The molecule has 0 aromatic heterocycles. The maximum atomic E-state index is 10.8. The van der Waals surface area contributed by atoms with Gasteiger partial charge in [0.25, 0.3) is 0 Å². The highest BCUT2D eigenvalue weighted by atomic mass is 16.6. The number of carbonyl (C=O) groups excluding carboxylic acids is 1. The van der Waals surface area contributed by atoms with Crippen LogP contribution in [0.15, 0.2) is 0 Å². The van der Waals surface area contributed by atoms with Crippen LogP contribution in [0.2, 0.25) is 0 Å². The number of hydrogen-bond acceptors (Lipinski definition) is 7. The quantitative estimate of drug-likeness (QED) is 0.271. The van der Waals surface area contributed by atoms with E-state index < -0.39 is 42.8 Å². The molecule has 1 fully saturated rings. The van der Waals surface area contributed by atoms with E-state index in [0.29, 0.717) is 0 Å². The first kappa shape index (κ1) is 13.3. The van der Waals surface area contributed by atoms with Crippen LogP contribution in [0.25, 0.3) is 0 Å². The van der Waals surface area contributed by atoms with Crippen molar-refractivity contribution in [2.75, 3.05) is 6.61 Å². The molecule has 1 aliphatic rings. The monoisotopic (exact) mass is 237 g/mol. The SMILES string of the molecule is CC(=O)NC1(O)C(O)OC(CO)C(O)C1O. The lowest BCUT2D eigenvalue weighted by Gasteiger charge is -2.45. The van der Waals surface area contributed by atoms with Crippen molar-refractivity contribution in [3.8, 4) is 0 Å². The summed E-state index contributed by atoms with van der Waals surface area (Å²) in [5, 5.41) is 48.8. The summed E-state index contributed by atoms with van der Waals surface area (Å²) < 4.78 is 4.67. The zero-order valence-electron chi connectivity index (χ0n) is 8.57. The van der Waals surface area contributed by atoms with Crippen LogP contribution >= 0.6 is 0 Å². The Bertz CT molecular complexity index is 273. The summed E-state index contributed by atoms with van der Waals surface area (Å²) in [5.74, 6) is -0.723. The highest BCUT2D eigenvalue weighted by Gasteiger charge is 2.55. The lowest BCUT2D eigenvalue weighted by atomic mass is 9.93. The minimum Gasteiger partial charge on any atom is -0.394 e. The van der Waals surface area contributed by atoms with Gasteiger partial charge in [0.2, 0.25) is 17.9 Å². The van der Waals surface area contributed by atoms with Crippen molar-refractivity contribution < 1.29 is 35.1 Å². The fourth-order valence-electron chi connectivity index (χ4n) is 1.53. The van der Waals surface area contributed by atoms with Crippen molar-refractivity contribution in [3.05, 3.63) is 0 Å². The highest BCUT2D eigenvalue weighted by Crippen LogP contribution is 2.26. The number of nitrogens with one attached hydrogen (secondary N) is 1. The number of ether oxygens (including phenoxy) is 1. The maximum absolute atomic E-state index is 10.8. The standard InChI is InChI=1S/C8H15NO7/c1-3(11)9-8(15)6(13)5(12)4(2-10)16-7(8)14/h4-7,10,12-15H,2H2,1H3,(H,9,11). The van der Waals surface area contributed by atoms with Crippen molar-refractivity contribution in [1.29, 1.82) is 0 Å². The molecule has 1 heterocycles. The maximum Gasteiger partial charge on any atom is 0.219 e. The second kappa shape index (κ2) is 4.62.